The molecule has 0 saturated heterocycles. The number of carboxylic acid groups (broad SMARTS) is 4. The van der Waals surface area contributed by atoms with Gasteiger partial charge >= 0.3 is 11.9 Å². The first-order chi connectivity index (χ1) is 22.9. The standard InChI is InChI=1S/2C13H11NO.C10H6O8/c2*15-13-5-3-11(4-6-13)1-2-12-7-9-14-10-8-12;11-7(12)3-1-4(8(13)14)6(10(17)18)2-5(3)9(15)16/h2*1-10,15H;1-2H,(H,11,12)(H,13,14)(H,15,16)(H,17,18)/b2*2-1+;. The summed E-state index contributed by atoms with van der Waals surface area (Å²) < 4.78 is 0. The lowest BCUT2D eigenvalue weighted by Crippen LogP contribution is -2.29. The van der Waals surface area contributed by atoms with E-state index < -0.39 is 46.1 Å². The summed E-state index contributed by atoms with van der Waals surface area (Å²) in [6, 6.07) is 23.0. The third-order valence-electron chi connectivity index (χ3n) is 6.27. The summed E-state index contributed by atoms with van der Waals surface area (Å²) in [6.07, 6.45) is 15.6. The number of nitrogens with one attached hydrogen (secondary N) is 2. The number of phenols is 2. The predicted molar refractivity (Wildman–Crippen MR) is 169 cm³/mol. The van der Waals surface area contributed by atoms with Crippen LogP contribution in [0.5, 0.6) is 11.5 Å². The summed E-state index contributed by atoms with van der Waals surface area (Å²) in [6.45, 7) is 0. The first kappa shape index (κ1) is 35.4. The Morgan fingerprint density at radius 2 is 0.729 bits per heavy atom. The number of aromatic amines is 2. The molecule has 2 aromatic heterocycles. The van der Waals surface area contributed by atoms with Crippen molar-refractivity contribution in [2.24, 2.45) is 0 Å². The molecule has 3 aromatic carbocycles. The van der Waals surface area contributed by atoms with Crippen LogP contribution >= 0.6 is 0 Å². The van der Waals surface area contributed by atoms with E-state index in [1.165, 1.54) is 0 Å². The van der Waals surface area contributed by atoms with Crippen LogP contribution in [0.15, 0.2) is 110 Å². The van der Waals surface area contributed by atoms with E-state index in [1.54, 1.807) is 24.3 Å². The third-order valence-corrected chi connectivity index (χ3v) is 6.27. The normalized spacial score (nSPS) is 10.3. The van der Waals surface area contributed by atoms with E-state index >= 15 is 0 Å². The molecule has 0 unspecified atom stereocenters. The number of carbonyl (C=O) groups is 4. The number of H-pyrrole nitrogens is 2. The lowest BCUT2D eigenvalue weighted by atomic mass is 9.98. The minimum Gasteiger partial charge on any atom is -0.545 e. The van der Waals surface area contributed by atoms with Crippen LogP contribution in [0.25, 0.3) is 24.3 Å². The van der Waals surface area contributed by atoms with Gasteiger partial charge in [-0.05, 0) is 58.7 Å². The van der Waals surface area contributed by atoms with Crippen LogP contribution in [0.2, 0.25) is 0 Å². The van der Waals surface area contributed by atoms with E-state index in [9.17, 15) is 29.4 Å². The Bertz CT molecular complexity index is 1730. The maximum absolute atomic E-state index is 10.7. The number of pyridine rings is 2. The molecule has 0 aliphatic carbocycles. The highest BCUT2D eigenvalue weighted by molar-refractivity contribution is 6.08. The van der Waals surface area contributed by atoms with Gasteiger partial charge in [-0.2, -0.15) is 0 Å². The van der Waals surface area contributed by atoms with Crippen LogP contribution in [-0.4, -0.2) is 44.3 Å². The van der Waals surface area contributed by atoms with Crippen molar-refractivity contribution in [1.82, 2.24) is 0 Å². The summed E-state index contributed by atoms with van der Waals surface area (Å²) in [5.74, 6) is -6.73. The number of phenolic OH excluding ortho intramolecular Hbond substituents is 2. The number of carbonyl (C=O) groups excluding carboxylic acids is 2. The van der Waals surface area contributed by atoms with Crippen LogP contribution in [0, 0.1) is 0 Å². The van der Waals surface area contributed by atoms with Crippen molar-refractivity contribution in [1.29, 1.82) is 0 Å². The number of rotatable bonds is 8. The number of hydrogen-bond donors (Lipinski definition) is 4. The summed E-state index contributed by atoms with van der Waals surface area (Å²) in [4.78, 5) is 48.7. The Labute approximate surface area is 273 Å². The Morgan fingerprint density at radius 3 is 1.00 bits per heavy atom. The van der Waals surface area contributed by atoms with E-state index in [4.69, 9.17) is 20.4 Å². The van der Waals surface area contributed by atoms with Gasteiger partial charge in [-0.25, -0.2) is 19.6 Å². The van der Waals surface area contributed by atoms with E-state index in [-0.39, 0.29) is 0 Å². The lowest BCUT2D eigenvalue weighted by molar-refractivity contribution is -0.378. The van der Waals surface area contributed by atoms with Gasteiger partial charge in [0.05, 0.1) is 23.1 Å². The summed E-state index contributed by atoms with van der Waals surface area (Å²) >= 11 is 0. The number of benzene rings is 3. The quantitative estimate of drug-likeness (QED) is 0.192. The molecule has 5 rings (SSSR count). The van der Waals surface area contributed by atoms with Gasteiger partial charge in [-0.3, -0.25) is 0 Å². The van der Waals surface area contributed by atoms with Gasteiger partial charge in [-0.15, -0.1) is 0 Å². The molecular formula is C36H28N2O10. The van der Waals surface area contributed by atoms with Crippen LogP contribution < -0.4 is 20.2 Å². The van der Waals surface area contributed by atoms with Gasteiger partial charge in [0.25, 0.3) is 0 Å². The Hall–Kier alpha value is -7.08. The maximum atomic E-state index is 10.7. The van der Waals surface area contributed by atoms with Crippen LogP contribution in [-0.2, 0) is 0 Å². The maximum Gasteiger partial charge on any atom is 0.336 e. The highest BCUT2D eigenvalue weighted by Gasteiger charge is 2.19. The van der Waals surface area contributed by atoms with E-state index in [0.717, 1.165) is 22.3 Å². The van der Waals surface area contributed by atoms with Gasteiger partial charge in [0.2, 0.25) is 0 Å². The lowest BCUT2D eigenvalue weighted by Gasteiger charge is -2.13. The smallest absolute Gasteiger partial charge is 0.336 e. The molecule has 0 saturated carbocycles. The van der Waals surface area contributed by atoms with Gasteiger partial charge in [0.1, 0.15) is 11.5 Å². The molecule has 0 aliphatic heterocycles. The predicted octanol–water partition coefficient (Wildman–Crippen LogP) is 2.56. The average molecular weight is 649 g/mol. The second kappa shape index (κ2) is 17.4. The topological polar surface area (TPSA) is 224 Å². The number of aromatic hydroxyl groups is 2. The molecule has 242 valence electrons. The fourth-order valence-electron chi connectivity index (χ4n) is 3.87. The fraction of sp³-hybridized carbons (Fsp3) is 0. The molecule has 5 aromatic rings. The van der Waals surface area contributed by atoms with Crippen molar-refractivity contribution in [3.05, 3.63) is 154 Å². The summed E-state index contributed by atoms with van der Waals surface area (Å²) in [7, 11) is 0. The van der Waals surface area contributed by atoms with Gasteiger partial charge in [0, 0.05) is 35.4 Å². The fourth-order valence-corrected chi connectivity index (χ4v) is 3.87. The van der Waals surface area contributed by atoms with Crippen LogP contribution in [0.4, 0.5) is 0 Å². The summed E-state index contributed by atoms with van der Waals surface area (Å²) in [5.41, 5.74) is 0.790. The molecular weight excluding hydrogens is 620 g/mol. The first-order valence-electron chi connectivity index (χ1n) is 13.9. The largest absolute Gasteiger partial charge is 0.545 e. The molecule has 48 heavy (non-hydrogen) atoms. The molecule has 12 nitrogen and oxygen atoms in total. The SMILES string of the molecule is O=C([O-])c1cc(C(=O)[O-])c(C(=O)O)cc1C(=O)O.Oc1ccc(/C=C/c2cc[nH+]cc2)cc1.Oc1ccc(/C=C/c2cc[nH+]cc2)cc1. The average Bonchev–Trinajstić information content (AvgIpc) is 3.08. The second-order valence-electron chi connectivity index (χ2n) is 9.64. The van der Waals surface area contributed by atoms with Gasteiger partial charge in [-0.1, -0.05) is 48.6 Å². The zero-order valence-corrected chi connectivity index (χ0v) is 24.9. The van der Waals surface area contributed by atoms with Crippen LogP contribution in [0.1, 0.15) is 63.7 Å². The number of carboxylic acids is 4. The van der Waals surface area contributed by atoms with Crippen molar-refractivity contribution in [2.45, 2.75) is 0 Å². The summed E-state index contributed by atoms with van der Waals surface area (Å²) in [5, 5.41) is 56.9. The van der Waals surface area contributed by atoms with Crippen molar-refractivity contribution >= 4 is 48.2 Å². The van der Waals surface area contributed by atoms with Crippen molar-refractivity contribution in [2.75, 3.05) is 0 Å². The van der Waals surface area contributed by atoms with E-state index in [1.807, 2.05) is 97.6 Å². The zero-order valence-electron chi connectivity index (χ0n) is 24.9. The van der Waals surface area contributed by atoms with Crippen molar-refractivity contribution in [3.8, 4) is 11.5 Å². The molecule has 0 radical (unpaired) electrons. The third kappa shape index (κ3) is 11.1. The van der Waals surface area contributed by atoms with E-state index in [0.29, 0.717) is 23.6 Å². The molecule has 0 fully saturated rings. The van der Waals surface area contributed by atoms with Crippen molar-refractivity contribution in [3.63, 3.8) is 0 Å². The highest BCUT2D eigenvalue weighted by Crippen LogP contribution is 2.18. The number of aromatic carboxylic acids is 4. The molecule has 12 heteroatoms. The van der Waals surface area contributed by atoms with Gasteiger partial charge in [0.15, 0.2) is 24.8 Å². The number of aromatic nitrogens is 2. The van der Waals surface area contributed by atoms with Crippen molar-refractivity contribution < 1.29 is 59.8 Å². The molecule has 0 spiro atoms. The Balaban J connectivity index is 0.000000196. The molecule has 0 bridgehead atoms. The van der Waals surface area contributed by atoms with Crippen LogP contribution in [0.3, 0.4) is 0 Å². The van der Waals surface area contributed by atoms with Gasteiger partial charge < -0.3 is 40.2 Å². The zero-order chi connectivity index (χ0) is 35.1. The highest BCUT2D eigenvalue weighted by atomic mass is 16.4. The second-order valence-corrected chi connectivity index (χ2v) is 9.64. The monoisotopic (exact) mass is 648 g/mol. The molecule has 6 N–H and O–H groups in total. The minimum absolute atomic E-state index is 0.293. The molecule has 2 heterocycles. The van der Waals surface area contributed by atoms with E-state index in [2.05, 4.69) is 9.97 Å². The first-order valence-corrected chi connectivity index (χ1v) is 13.9. The number of hydrogen-bond acceptors (Lipinski definition) is 8. The molecule has 0 amide bonds. The molecule has 0 atom stereocenters. The Morgan fingerprint density at radius 1 is 0.458 bits per heavy atom. The molecule has 0 aliphatic rings. The minimum atomic E-state index is -1.94. The Kier molecular flexibility index (Phi) is 12.8.